The molecule has 3 nitrogen and oxygen atoms in total. The van der Waals surface area contributed by atoms with E-state index in [4.69, 9.17) is 16.3 Å². The number of carbonyl (C=O) groups is 1. The SMILES string of the molecule is CCCOc1ccc(Cl)cc1NC(=O)C(C)C. The highest BCUT2D eigenvalue weighted by molar-refractivity contribution is 6.31. The quantitative estimate of drug-likeness (QED) is 0.871. The third-order valence-corrected chi connectivity index (χ3v) is 2.42. The van der Waals surface area contributed by atoms with Crippen LogP contribution in [-0.4, -0.2) is 12.5 Å². The Morgan fingerprint density at radius 1 is 1.47 bits per heavy atom. The zero-order valence-corrected chi connectivity index (χ0v) is 11.2. The van der Waals surface area contributed by atoms with Gasteiger partial charge >= 0.3 is 0 Å². The van der Waals surface area contributed by atoms with Crippen molar-refractivity contribution < 1.29 is 9.53 Å². The van der Waals surface area contributed by atoms with E-state index in [0.717, 1.165) is 6.42 Å². The van der Waals surface area contributed by atoms with E-state index >= 15 is 0 Å². The molecule has 17 heavy (non-hydrogen) atoms. The molecule has 0 saturated carbocycles. The topological polar surface area (TPSA) is 38.3 Å². The Bertz CT molecular complexity index is 391. The number of halogens is 1. The van der Waals surface area contributed by atoms with Gasteiger partial charge in [0.15, 0.2) is 0 Å². The molecule has 1 aromatic carbocycles. The van der Waals surface area contributed by atoms with Gasteiger partial charge in [-0.05, 0) is 24.6 Å². The monoisotopic (exact) mass is 255 g/mol. The molecule has 1 rings (SSSR count). The van der Waals surface area contributed by atoms with E-state index < -0.39 is 0 Å². The van der Waals surface area contributed by atoms with Crippen LogP contribution in [0, 0.1) is 5.92 Å². The predicted octanol–water partition coefficient (Wildman–Crippen LogP) is 3.72. The summed E-state index contributed by atoms with van der Waals surface area (Å²) < 4.78 is 5.55. The lowest BCUT2D eigenvalue weighted by Gasteiger charge is -2.13. The first kappa shape index (κ1) is 13.8. The summed E-state index contributed by atoms with van der Waals surface area (Å²) in [6.45, 7) is 6.33. The summed E-state index contributed by atoms with van der Waals surface area (Å²) in [5.74, 6) is 0.534. The van der Waals surface area contributed by atoms with Crippen LogP contribution in [0.4, 0.5) is 5.69 Å². The smallest absolute Gasteiger partial charge is 0.227 e. The van der Waals surface area contributed by atoms with E-state index in [1.807, 2.05) is 20.8 Å². The van der Waals surface area contributed by atoms with Gasteiger partial charge in [0, 0.05) is 10.9 Å². The summed E-state index contributed by atoms with van der Waals surface area (Å²) in [4.78, 5) is 11.6. The van der Waals surface area contributed by atoms with Gasteiger partial charge in [-0.1, -0.05) is 32.4 Å². The van der Waals surface area contributed by atoms with Crippen molar-refractivity contribution in [1.82, 2.24) is 0 Å². The number of anilines is 1. The minimum Gasteiger partial charge on any atom is -0.491 e. The lowest BCUT2D eigenvalue weighted by molar-refractivity contribution is -0.118. The van der Waals surface area contributed by atoms with Crippen LogP contribution < -0.4 is 10.1 Å². The Balaban J connectivity index is 2.86. The first-order chi connectivity index (χ1) is 8.04. The lowest BCUT2D eigenvalue weighted by atomic mass is 10.2. The Kier molecular flexibility index (Phi) is 5.29. The molecule has 0 aliphatic heterocycles. The zero-order chi connectivity index (χ0) is 12.8. The van der Waals surface area contributed by atoms with Crippen LogP contribution in [0.3, 0.4) is 0 Å². The highest BCUT2D eigenvalue weighted by atomic mass is 35.5. The summed E-state index contributed by atoms with van der Waals surface area (Å²) in [6, 6.07) is 5.22. The fourth-order valence-electron chi connectivity index (χ4n) is 1.21. The van der Waals surface area contributed by atoms with Crippen LogP contribution in [-0.2, 0) is 4.79 Å². The molecule has 1 amide bonds. The van der Waals surface area contributed by atoms with Crippen molar-refractivity contribution in [2.45, 2.75) is 27.2 Å². The molecule has 0 saturated heterocycles. The van der Waals surface area contributed by atoms with E-state index in [0.29, 0.717) is 23.1 Å². The summed E-state index contributed by atoms with van der Waals surface area (Å²) in [5, 5.41) is 3.39. The van der Waals surface area contributed by atoms with E-state index in [-0.39, 0.29) is 11.8 Å². The van der Waals surface area contributed by atoms with Crippen LogP contribution in [0.5, 0.6) is 5.75 Å². The Labute approximate surface area is 107 Å². The second kappa shape index (κ2) is 6.50. The largest absolute Gasteiger partial charge is 0.491 e. The number of amides is 1. The minimum atomic E-state index is -0.0759. The van der Waals surface area contributed by atoms with Gasteiger partial charge in [0.2, 0.25) is 5.91 Å². The zero-order valence-electron chi connectivity index (χ0n) is 10.4. The van der Waals surface area contributed by atoms with Crippen molar-refractivity contribution in [3.8, 4) is 5.75 Å². The van der Waals surface area contributed by atoms with Gasteiger partial charge in [0.05, 0.1) is 12.3 Å². The van der Waals surface area contributed by atoms with Gasteiger partial charge in [-0.15, -0.1) is 0 Å². The molecule has 0 aromatic heterocycles. The van der Waals surface area contributed by atoms with Gasteiger partial charge in [-0.2, -0.15) is 0 Å². The number of benzene rings is 1. The molecular weight excluding hydrogens is 238 g/mol. The standard InChI is InChI=1S/C13H18ClNO2/c1-4-7-17-12-6-5-10(14)8-11(12)15-13(16)9(2)3/h5-6,8-9H,4,7H2,1-3H3,(H,15,16). The summed E-state index contributed by atoms with van der Waals surface area (Å²) in [7, 11) is 0. The number of carbonyl (C=O) groups excluding carboxylic acids is 1. The van der Waals surface area contributed by atoms with Crippen LogP contribution in [0.25, 0.3) is 0 Å². The molecule has 94 valence electrons. The van der Waals surface area contributed by atoms with Gasteiger partial charge in [0.1, 0.15) is 5.75 Å². The molecule has 0 heterocycles. The van der Waals surface area contributed by atoms with Crippen LogP contribution in [0.2, 0.25) is 5.02 Å². The third-order valence-electron chi connectivity index (χ3n) is 2.19. The Morgan fingerprint density at radius 3 is 2.76 bits per heavy atom. The summed E-state index contributed by atoms with van der Waals surface area (Å²) >= 11 is 5.91. The van der Waals surface area contributed by atoms with Crippen molar-refractivity contribution in [2.75, 3.05) is 11.9 Å². The second-order valence-corrected chi connectivity index (χ2v) is 4.57. The summed E-state index contributed by atoms with van der Waals surface area (Å²) in [6.07, 6.45) is 0.917. The third kappa shape index (κ3) is 4.27. The molecule has 1 N–H and O–H groups in total. The molecule has 4 heteroatoms. The average molecular weight is 256 g/mol. The highest BCUT2D eigenvalue weighted by Gasteiger charge is 2.11. The highest BCUT2D eigenvalue weighted by Crippen LogP contribution is 2.28. The minimum absolute atomic E-state index is 0.0476. The summed E-state index contributed by atoms with van der Waals surface area (Å²) in [5.41, 5.74) is 0.629. The maximum Gasteiger partial charge on any atom is 0.227 e. The van der Waals surface area contributed by atoms with Crippen molar-refractivity contribution in [2.24, 2.45) is 5.92 Å². The average Bonchev–Trinajstić information content (AvgIpc) is 2.28. The molecule has 0 radical (unpaired) electrons. The van der Waals surface area contributed by atoms with Crippen molar-refractivity contribution in [3.05, 3.63) is 23.2 Å². The molecule has 0 spiro atoms. The molecule has 0 bridgehead atoms. The van der Waals surface area contributed by atoms with Crippen LogP contribution in [0.15, 0.2) is 18.2 Å². The molecule has 0 aliphatic rings. The van der Waals surface area contributed by atoms with E-state index in [1.165, 1.54) is 0 Å². The number of ether oxygens (including phenoxy) is 1. The number of hydrogen-bond acceptors (Lipinski definition) is 2. The van der Waals surface area contributed by atoms with Gasteiger partial charge in [0.25, 0.3) is 0 Å². The lowest BCUT2D eigenvalue weighted by Crippen LogP contribution is -2.18. The molecular formula is C13H18ClNO2. The number of hydrogen-bond donors (Lipinski definition) is 1. The van der Waals surface area contributed by atoms with E-state index in [9.17, 15) is 4.79 Å². The molecule has 0 atom stereocenters. The predicted molar refractivity (Wildman–Crippen MR) is 70.7 cm³/mol. The van der Waals surface area contributed by atoms with Crippen molar-refractivity contribution >= 4 is 23.2 Å². The van der Waals surface area contributed by atoms with E-state index in [2.05, 4.69) is 5.32 Å². The van der Waals surface area contributed by atoms with Crippen LogP contribution >= 0.6 is 11.6 Å². The Hall–Kier alpha value is -1.22. The van der Waals surface area contributed by atoms with Gasteiger partial charge < -0.3 is 10.1 Å². The van der Waals surface area contributed by atoms with E-state index in [1.54, 1.807) is 18.2 Å². The first-order valence-electron chi connectivity index (χ1n) is 5.77. The number of nitrogens with one attached hydrogen (secondary N) is 1. The normalized spacial score (nSPS) is 10.4. The van der Waals surface area contributed by atoms with Crippen molar-refractivity contribution in [3.63, 3.8) is 0 Å². The fourth-order valence-corrected chi connectivity index (χ4v) is 1.39. The fraction of sp³-hybridized carbons (Fsp3) is 0.462. The van der Waals surface area contributed by atoms with Gasteiger partial charge in [-0.25, -0.2) is 0 Å². The molecule has 1 aromatic rings. The van der Waals surface area contributed by atoms with Crippen LogP contribution in [0.1, 0.15) is 27.2 Å². The molecule has 0 aliphatic carbocycles. The maximum absolute atomic E-state index is 11.6. The first-order valence-corrected chi connectivity index (χ1v) is 6.15. The molecule has 0 fully saturated rings. The Morgan fingerprint density at radius 2 is 2.18 bits per heavy atom. The second-order valence-electron chi connectivity index (χ2n) is 4.13. The molecule has 0 unspecified atom stereocenters. The van der Waals surface area contributed by atoms with Crippen molar-refractivity contribution in [1.29, 1.82) is 0 Å². The van der Waals surface area contributed by atoms with Gasteiger partial charge in [-0.3, -0.25) is 4.79 Å². The maximum atomic E-state index is 11.6. The number of rotatable bonds is 5.